The van der Waals surface area contributed by atoms with E-state index in [1.54, 1.807) is 17.6 Å². The van der Waals surface area contributed by atoms with Crippen LogP contribution in [0.2, 0.25) is 0 Å². The van der Waals surface area contributed by atoms with Crippen molar-refractivity contribution in [3.8, 4) is 11.3 Å². The van der Waals surface area contributed by atoms with E-state index in [0.717, 1.165) is 34.5 Å². The van der Waals surface area contributed by atoms with Gasteiger partial charge in [-0.3, -0.25) is 5.43 Å². The number of thiazole rings is 1. The van der Waals surface area contributed by atoms with Gasteiger partial charge in [-0.15, -0.1) is 11.3 Å². The molecule has 0 saturated heterocycles. The second-order valence-corrected chi connectivity index (χ2v) is 7.33. The molecule has 1 aliphatic rings. The maximum atomic E-state index is 5.71. The minimum Gasteiger partial charge on any atom is -0.376 e. The summed E-state index contributed by atoms with van der Waals surface area (Å²) in [5.74, 6) is 0.806. The maximum Gasteiger partial charge on any atom is 0.203 e. The van der Waals surface area contributed by atoms with Crippen molar-refractivity contribution in [1.29, 1.82) is 0 Å². The third-order valence-corrected chi connectivity index (χ3v) is 4.99. The first-order chi connectivity index (χ1) is 12.9. The number of ether oxygens (including phenoxy) is 1. The Morgan fingerprint density at radius 1 is 1.12 bits per heavy atom. The zero-order valence-electron chi connectivity index (χ0n) is 14.5. The highest BCUT2D eigenvalue weighted by Gasteiger charge is 2.20. The van der Waals surface area contributed by atoms with E-state index < -0.39 is 0 Å². The zero-order chi connectivity index (χ0) is 17.6. The van der Waals surface area contributed by atoms with Crippen LogP contribution in [0.5, 0.6) is 0 Å². The molecule has 132 valence electrons. The van der Waals surface area contributed by atoms with Gasteiger partial charge in [0.15, 0.2) is 0 Å². The SMILES string of the molecule is C(=NNc1nc(-c2ccccc2)cs1)c1ccc(COCC2CC2)cc1. The number of rotatable bonds is 8. The smallest absolute Gasteiger partial charge is 0.203 e. The van der Waals surface area contributed by atoms with Crippen molar-refractivity contribution in [2.45, 2.75) is 19.4 Å². The third kappa shape index (κ3) is 4.77. The highest BCUT2D eigenvalue weighted by atomic mass is 32.1. The molecule has 1 heterocycles. The Labute approximate surface area is 157 Å². The summed E-state index contributed by atoms with van der Waals surface area (Å²) >= 11 is 1.55. The van der Waals surface area contributed by atoms with Crippen molar-refractivity contribution in [3.05, 3.63) is 71.1 Å². The molecule has 1 saturated carbocycles. The van der Waals surface area contributed by atoms with Crippen LogP contribution >= 0.6 is 11.3 Å². The number of nitrogens with one attached hydrogen (secondary N) is 1. The Morgan fingerprint density at radius 3 is 2.69 bits per heavy atom. The summed E-state index contributed by atoms with van der Waals surface area (Å²) in [5, 5.41) is 7.10. The van der Waals surface area contributed by atoms with Gasteiger partial charge < -0.3 is 4.74 Å². The largest absolute Gasteiger partial charge is 0.376 e. The average Bonchev–Trinajstić information content (AvgIpc) is 3.39. The molecule has 1 aliphatic carbocycles. The highest BCUT2D eigenvalue weighted by molar-refractivity contribution is 7.14. The van der Waals surface area contributed by atoms with Crippen LogP contribution < -0.4 is 5.43 Å². The lowest BCUT2D eigenvalue weighted by Gasteiger charge is -2.03. The number of nitrogens with zero attached hydrogens (tertiary/aromatic N) is 2. The summed E-state index contributed by atoms with van der Waals surface area (Å²) in [5.41, 5.74) is 7.32. The minimum atomic E-state index is 0.688. The molecule has 0 aliphatic heterocycles. The first-order valence-electron chi connectivity index (χ1n) is 8.83. The number of hydrazone groups is 1. The summed E-state index contributed by atoms with van der Waals surface area (Å²) < 4.78 is 5.71. The standard InChI is InChI=1S/C21H21N3OS/c1-2-4-19(5-3-1)20-15-26-21(23-20)24-22-12-16-6-8-17(9-7-16)13-25-14-18-10-11-18/h1-9,12,15,18H,10-11,13-14H2,(H,23,24). The predicted octanol–water partition coefficient (Wildman–Crippen LogP) is 5.18. The molecule has 4 rings (SSSR count). The Kier molecular flexibility index (Phi) is 5.38. The molecule has 1 aromatic heterocycles. The molecule has 3 aromatic rings. The van der Waals surface area contributed by atoms with Crippen LogP contribution in [0.25, 0.3) is 11.3 Å². The fourth-order valence-electron chi connectivity index (χ4n) is 2.56. The van der Waals surface area contributed by atoms with Crippen LogP contribution in [0, 0.1) is 5.92 Å². The van der Waals surface area contributed by atoms with Crippen LogP contribution in [-0.4, -0.2) is 17.8 Å². The molecule has 4 nitrogen and oxygen atoms in total. The van der Waals surface area contributed by atoms with Crippen molar-refractivity contribution in [2.75, 3.05) is 12.0 Å². The van der Waals surface area contributed by atoms with Gasteiger partial charge in [0.2, 0.25) is 5.13 Å². The van der Waals surface area contributed by atoms with Gasteiger partial charge in [0.25, 0.3) is 0 Å². The van der Waals surface area contributed by atoms with Crippen LogP contribution in [-0.2, 0) is 11.3 Å². The fourth-order valence-corrected chi connectivity index (χ4v) is 3.23. The second-order valence-electron chi connectivity index (χ2n) is 6.47. The van der Waals surface area contributed by atoms with Gasteiger partial charge >= 0.3 is 0 Å². The molecule has 26 heavy (non-hydrogen) atoms. The fraction of sp³-hybridized carbons (Fsp3) is 0.238. The van der Waals surface area contributed by atoms with Crippen LogP contribution in [0.3, 0.4) is 0 Å². The molecule has 0 amide bonds. The van der Waals surface area contributed by atoms with Gasteiger partial charge in [0.05, 0.1) is 18.5 Å². The van der Waals surface area contributed by atoms with Gasteiger partial charge in [0.1, 0.15) is 0 Å². The van der Waals surface area contributed by atoms with Crippen LogP contribution in [0.1, 0.15) is 24.0 Å². The molecule has 0 spiro atoms. The molecular weight excluding hydrogens is 342 g/mol. The number of hydrogen-bond donors (Lipinski definition) is 1. The second kappa shape index (κ2) is 8.25. The van der Waals surface area contributed by atoms with Crippen molar-refractivity contribution in [3.63, 3.8) is 0 Å². The third-order valence-electron chi connectivity index (χ3n) is 4.25. The molecule has 0 atom stereocenters. The summed E-state index contributed by atoms with van der Waals surface area (Å²) in [6.45, 7) is 1.58. The molecule has 1 N–H and O–H groups in total. The van der Waals surface area contributed by atoms with Crippen LogP contribution in [0.15, 0.2) is 65.1 Å². The Hall–Kier alpha value is -2.50. The van der Waals surface area contributed by atoms with Gasteiger partial charge in [0, 0.05) is 17.6 Å². The van der Waals surface area contributed by atoms with E-state index in [1.165, 1.54) is 18.4 Å². The first kappa shape index (κ1) is 16.9. The van der Waals surface area contributed by atoms with Crippen molar-refractivity contribution in [1.82, 2.24) is 4.98 Å². The maximum absolute atomic E-state index is 5.71. The molecule has 0 radical (unpaired) electrons. The van der Waals surface area contributed by atoms with E-state index in [2.05, 4.69) is 51.9 Å². The molecule has 0 unspecified atom stereocenters. The molecular formula is C21H21N3OS. The van der Waals surface area contributed by atoms with E-state index in [0.29, 0.717) is 6.61 Å². The van der Waals surface area contributed by atoms with Gasteiger partial charge in [-0.25, -0.2) is 4.98 Å². The Bertz CT molecular complexity index is 854. The van der Waals surface area contributed by atoms with Crippen LogP contribution in [0.4, 0.5) is 5.13 Å². The number of anilines is 1. The van der Waals surface area contributed by atoms with E-state index in [9.17, 15) is 0 Å². The van der Waals surface area contributed by atoms with E-state index in [-0.39, 0.29) is 0 Å². The summed E-state index contributed by atoms with van der Waals surface area (Å²) in [6, 6.07) is 18.4. The molecule has 5 heteroatoms. The van der Waals surface area contributed by atoms with Gasteiger partial charge in [-0.05, 0) is 29.9 Å². The summed E-state index contributed by atoms with van der Waals surface area (Å²) in [6.07, 6.45) is 4.46. The highest BCUT2D eigenvalue weighted by Crippen LogP contribution is 2.29. The van der Waals surface area contributed by atoms with Crippen molar-refractivity contribution in [2.24, 2.45) is 11.0 Å². The monoisotopic (exact) mass is 363 g/mol. The van der Waals surface area contributed by atoms with Crippen molar-refractivity contribution < 1.29 is 4.74 Å². The summed E-state index contributed by atoms with van der Waals surface area (Å²) in [7, 11) is 0. The van der Waals surface area contributed by atoms with E-state index >= 15 is 0 Å². The topological polar surface area (TPSA) is 46.5 Å². The number of aromatic nitrogens is 1. The lowest BCUT2D eigenvalue weighted by atomic mass is 10.1. The zero-order valence-corrected chi connectivity index (χ0v) is 15.3. The number of hydrogen-bond acceptors (Lipinski definition) is 5. The van der Waals surface area contributed by atoms with E-state index in [1.807, 2.05) is 23.6 Å². The normalized spacial score (nSPS) is 14.0. The Morgan fingerprint density at radius 2 is 1.92 bits per heavy atom. The van der Waals surface area contributed by atoms with Gasteiger partial charge in [-0.2, -0.15) is 5.10 Å². The van der Waals surface area contributed by atoms with Gasteiger partial charge in [-0.1, -0.05) is 54.6 Å². The van der Waals surface area contributed by atoms with Crippen molar-refractivity contribution >= 4 is 22.7 Å². The summed E-state index contributed by atoms with van der Waals surface area (Å²) in [4.78, 5) is 4.56. The molecule has 0 bridgehead atoms. The van der Waals surface area contributed by atoms with E-state index in [4.69, 9.17) is 4.74 Å². The first-order valence-corrected chi connectivity index (χ1v) is 9.71. The quantitative estimate of drug-likeness (QED) is 0.443. The molecule has 1 fully saturated rings. The lowest BCUT2D eigenvalue weighted by molar-refractivity contribution is 0.111. The average molecular weight is 363 g/mol. The lowest BCUT2D eigenvalue weighted by Crippen LogP contribution is -1.97. The minimum absolute atomic E-state index is 0.688. The molecule has 2 aromatic carbocycles. The number of benzene rings is 2. The predicted molar refractivity (Wildman–Crippen MR) is 108 cm³/mol. The Balaban J connectivity index is 1.28.